The molecular weight excluding hydrogens is 388 g/mol. The zero-order valence-corrected chi connectivity index (χ0v) is 17.9. The lowest BCUT2D eigenvalue weighted by molar-refractivity contribution is -0.121. The van der Waals surface area contributed by atoms with Crippen LogP contribution in [0, 0.1) is 6.92 Å². The van der Waals surface area contributed by atoms with Crippen LogP contribution in [-0.2, 0) is 30.9 Å². The number of aromatic nitrogens is 2. The maximum atomic E-state index is 12.6. The van der Waals surface area contributed by atoms with Gasteiger partial charge in [0, 0.05) is 37.3 Å². The maximum Gasteiger partial charge on any atom is 0.241 e. The molecule has 0 aliphatic carbocycles. The number of fused-ring (bicyclic) bond motifs is 4. The first-order valence-electron chi connectivity index (χ1n) is 11.0. The quantitative estimate of drug-likeness (QED) is 0.627. The summed E-state index contributed by atoms with van der Waals surface area (Å²) in [4.78, 5) is 15.0. The van der Waals surface area contributed by atoms with E-state index in [0.717, 1.165) is 60.6 Å². The molecule has 31 heavy (non-hydrogen) atoms. The lowest BCUT2D eigenvalue weighted by Crippen LogP contribution is -2.34. The van der Waals surface area contributed by atoms with Crippen molar-refractivity contribution in [1.82, 2.24) is 20.0 Å². The predicted octanol–water partition coefficient (Wildman–Crippen LogP) is 3.32. The lowest BCUT2D eigenvalue weighted by atomic mass is 10.00. The fourth-order valence-corrected chi connectivity index (χ4v) is 4.54. The number of hydrogen-bond donors (Lipinski definition) is 1. The molecule has 0 fully saturated rings. The number of aryl methyl sites for hydroxylation is 1. The van der Waals surface area contributed by atoms with Gasteiger partial charge in [-0.1, -0.05) is 35.9 Å². The summed E-state index contributed by atoms with van der Waals surface area (Å²) in [6.07, 6.45) is 3.86. The van der Waals surface area contributed by atoms with Crippen molar-refractivity contribution in [1.29, 1.82) is 0 Å². The van der Waals surface area contributed by atoms with E-state index in [-0.39, 0.29) is 12.5 Å². The first kappa shape index (κ1) is 19.8. The number of ether oxygens (including phenoxy) is 1. The molecule has 1 aromatic heterocycles. The van der Waals surface area contributed by atoms with Crippen LogP contribution < -0.4 is 10.1 Å². The Kier molecular flexibility index (Phi) is 5.47. The molecule has 6 nitrogen and oxygen atoms in total. The van der Waals surface area contributed by atoms with E-state index in [0.29, 0.717) is 13.2 Å². The van der Waals surface area contributed by atoms with Gasteiger partial charge in [0.1, 0.15) is 18.9 Å². The number of carbonyl (C=O) groups excluding carboxylic acids is 1. The highest BCUT2D eigenvalue weighted by atomic mass is 16.5. The van der Waals surface area contributed by atoms with Crippen LogP contribution in [0.4, 0.5) is 0 Å². The lowest BCUT2D eigenvalue weighted by Gasteiger charge is -2.28. The zero-order valence-electron chi connectivity index (χ0n) is 17.9. The van der Waals surface area contributed by atoms with E-state index < -0.39 is 0 Å². The van der Waals surface area contributed by atoms with Crippen LogP contribution in [0.5, 0.6) is 5.75 Å². The van der Waals surface area contributed by atoms with Gasteiger partial charge in [-0.15, -0.1) is 0 Å². The number of benzene rings is 2. The summed E-state index contributed by atoms with van der Waals surface area (Å²) < 4.78 is 7.62. The molecule has 0 saturated heterocycles. The molecule has 0 spiro atoms. The van der Waals surface area contributed by atoms with Crippen LogP contribution >= 0.6 is 0 Å². The minimum atomic E-state index is -0.00409. The fraction of sp³-hybridized carbons (Fsp3) is 0.360. The van der Waals surface area contributed by atoms with E-state index in [9.17, 15) is 4.79 Å². The summed E-state index contributed by atoms with van der Waals surface area (Å²) in [5.74, 6) is 0.846. The Labute approximate surface area is 182 Å². The van der Waals surface area contributed by atoms with Crippen LogP contribution in [0.3, 0.4) is 0 Å². The Morgan fingerprint density at radius 3 is 2.94 bits per heavy atom. The number of nitrogens with zero attached hydrogens (tertiary/aromatic N) is 3. The van der Waals surface area contributed by atoms with Crippen molar-refractivity contribution in [3.05, 3.63) is 70.9 Å². The molecule has 3 heterocycles. The van der Waals surface area contributed by atoms with Crippen LogP contribution in [0.25, 0.3) is 11.3 Å². The van der Waals surface area contributed by atoms with E-state index in [2.05, 4.69) is 52.6 Å². The summed E-state index contributed by atoms with van der Waals surface area (Å²) in [5, 5.41) is 7.52. The highest BCUT2D eigenvalue weighted by Gasteiger charge is 2.23. The van der Waals surface area contributed by atoms with E-state index >= 15 is 0 Å². The Morgan fingerprint density at radius 1 is 1.16 bits per heavy atom. The van der Waals surface area contributed by atoms with Crippen molar-refractivity contribution in [2.24, 2.45) is 0 Å². The number of amides is 1. The highest BCUT2D eigenvalue weighted by Crippen LogP contribution is 2.37. The average molecular weight is 417 g/mol. The maximum absolute atomic E-state index is 12.6. The smallest absolute Gasteiger partial charge is 0.241 e. The van der Waals surface area contributed by atoms with Crippen LogP contribution in [0.15, 0.2) is 48.7 Å². The van der Waals surface area contributed by atoms with Gasteiger partial charge in [-0.3, -0.25) is 14.4 Å². The van der Waals surface area contributed by atoms with Gasteiger partial charge in [0.05, 0.1) is 11.9 Å². The number of rotatable bonds is 6. The van der Waals surface area contributed by atoms with Gasteiger partial charge in [-0.05, 0) is 43.0 Å². The SMILES string of the molecule is Cc1ccc2c(c1)-c1c(cnn1CC(=O)NCCCN1CCc3ccccc3C1)CO2. The molecule has 1 amide bonds. The molecule has 0 atom stereocenters. The molecule has 5 rings (SSSR count). The molecule has 2 aliphatic rings. The van der Waals surface area contributed by atoms with E-state index in [4.69, 9.17) is 4.74 Å². The van der Waals surface area contributed by atoms with Crippen molar-refractivity contribution in [2.75, 3.05) is 19.6 Å². The van der Waals surface area contributed by atoms with Gasteiger partial charge in [0.2, 0.25) is 5.91 Å². The molecule has 2 aliphatic heterocycles. The van der Waals surface area contributed by atoms with Crippen molar-refractivity contribution < 1.29 is 9.53 Å². The molecule has 0 bridgehead atoms. The first-order valence-corrected chi connectivity index (χ1v) is 11.0. The Morgan fingerprint density at radius 2 is 2.03 bits per heavy atom. The number of carbonyl (C=O) groups is 1. The monoisotopic (exact) mass is 416 g/mol. The van der Waals surface area contributed by atoms with Crippen molar-refractivity contribution in [3.8, 4) is 17.0 Å². The molecule has 1 N–H and O–H groups in total. The molecule has 2 aromatic carbocycles. The topological polar surface area (TPSA) is 59.4 Å². The van der Waals surface area contributed by atoms with Gasteiger partial charge in [0.15, 0.2) is 0 Å². The van der Waals surface area contributed by atoms with E-state index in [1.165, 1.54) is 11.1 Å². The molecule has 0 radical (unpaired) electrons. The summed E-state index contributed by atoms with van der Waals surface area (Å²) in [7, 11) is 0. The van der Waals surface area contributed by atoms with Crippen molar-refractivity contribution in [2.45, 2.75) is 39.5 Å². The van der Waals surface area contributed by atoms with Gasteiger partial charge in [0.25, 0.3) is 0 Å². The number of nitrogens with one attached hydrogen (secondary N) is 1. The van der Waals surface area contributed by atoms with Crippen LogP contribution in [-0.4, -0.2) is 40.2 Å². The summed E-state index contributed by atoms with van der Waals surface area (Å²) >= 11 is 0. The van der Waals surface area contributed by atoms with Crippen molar-refractivity contribution in [3.63, 3.8) is 0 Å². The second-order valence-corrected chi connectivity index (χ2v) is 8.46. The normalized spacial score (nSPS) is 14.9. The largest absolute Gasteiger partial charge is 0.488 e. The molecule has 6 heteroatoms. The zero-order chi connectivity index (χ0) is 21.2. The number of hydrogen-bond acceptors (Lipinski definition) is 4. The third-order valence-electron chi connectivity index (χ3n) is 6.16. The Balaban J connectivity index is 1.14. The van der Waals surface area contributed by atoms with Crippen molar-refractivity contribution >= 4 is 5.91 Å². The molecule has 0 unspecified atom stereocenters. The third-order valence-corrected chi connectivity index (χ3v) is 6.16. The summed E-state index contributed by atoms with van der Waals surface area (Å²) in [6.45, 7) is 6.54. The minimum absolute atomic E-state index is 0.00409. The Hall–Kier alpha value is -3.12. The second-order valence-electron chi connectivity index (χ2n) is 8.46. The molecular formula is C25H28N4O2. The molecule has 160 valence electrons. The second kappa shape index (κ2) is 8.55. The van der Waals surface area contributed by atoms with Gasteiger partial charge < -0.3 is 10.1 Å². The first-order chi connectivity index (χ1) is 15.2. The average Bonchev–Trinajstić information content (AvgIpc) is 3.19. The summed E-state index contributed by atoms with van der Waals surface area (Å²) in [5.41, 5.74) is 7.09. The standard InChI is InChI=1S/C25H28N4O2/c1-18-7-8-23-22(13-18)25-21(17-31-23)14-27-29(25)16-24(30)26-10-4-11-28-12-9-19-5-2-3-6-20(19)15-28/h2-3,5-8,13-14H,4,9-12,15-17H2,1H3,(H,26,30). The fourth-order valence-electron chi connectivity index (χ4n) is 4.54. The minimum Gasteiger partial charge on any atom is -0.488 e. The van der Waals surface area contributed by atoms with Gasteiger partial charge in [-0.2, -0.15) is 5.10 Å². The van der Waals surface area contributed by atoms with E-state index in [1.54, 1.807) is 4.68 Å². The predicted molar refractivity (Wildman–Crippen MR) is 120 cm³/mol. The Bertz CT molecular complexity index is 1100. The molecule has 0 saturated carbocycles. The van der Waals surface area contributed by atoms with Crippen LogP contribution in [0.2, 0.25) is 0 Å². The molecule has 3 aromatic rings. The summed E-state index contributed by atoms with van der Waals surface area (Å²) in [6, 6.07) is 14.8. The van der Waals surface area contributed by atoms with Gasteiger partial charge >= 0.3 is 0 Å². The highest BCUT2D eigenvalue weighted by molar-refractivity contribution is 5.78. The third kappa shape index (κ3) is 4.21. The van der Waals surface area contributed by atoms with Crippen LogP contribution in [0.1, 0.15) is 28.7 Å². The van der Waals surface area contributed by atoms with E-state index in [1.807, 2.05) is 18.3 Å². The van der Waals surface area contributed by atoms with Gasteiger partial charge in [-0.25, -0.2) is 0 Å².